The van der Waals surface area contributed by atoms with Crippen LogP contribution in [-0.2, 0) is 0 Å². The lowest BCUT2D eigenvalue weighted by atomic mass is 10.2. The molecule has 7 nitrogen and oxygen atoms in total. The van der Waals surface area contributed by atoms with E-state index in [9.17, 15) is 4.79 Å². The molecule has 1 aliphatic heterocycles. The van der Waals surface area contributed by atoms with Crippen LogP contribution >= 0.6 is 11.6 Å². The van der Waals surface area contributed by atoms with Gasteiger partial charge in [-0.15, -0.1) is 10.2 Å². The van der Waals surface area contributed by atoms with Gasteiger partial charge in [-0.25, -0.2) is 0 Å². The van der Waals surface area contributed by atoms with Gasteiger partial charge in [0.15, 0.2) is 11.5 Å². The predicted octanol–water partition coefficient (Wildman–Crippen LogP) is 2.62. The monoisotopic (exact) mass is 382 g/mol. The van der Waals surface area contributed by atoms with E-state index in [0.29, 0.717) is 29.6 Å². The van der Waals surface area contributed by atoms with Gasteiger partial charge in [-0.1, -0.05) is 17.7 Å². The lowest BCUT2D eigenvalue weighted by molar-refractivity contribution is 0.0747. The highest BCUT2D eigenvalue weighted by Crippen LogP contribution is 2.38. The molecule has 0 N–H and O–H groups in total. The molecular formula is C19H19ClN6O. The van der Waals surface area contributed by atoms with Crippen LogP contribution in [0.25, 0.3) is 5.65 Å². The van der Waals surface area contributed by atoms with Crippen LogP contribution in [-0.4, -0.2) is 56.8 Å². The van der Waals surface area contributed by atoms with Crippen molar-refractivity contribution in [2.75, 3.05) is 31.1 Å². The summed E-state index contributed by atoms with van der Waals surface area (Å²) in [6.45, 7) is 2.84. The number of carbonyl (C=O) groups is 1. The number of hydrogen-bond acceptors (Lipinski definition) is 5. The molecule has 1 amide bonds. The van der Waals surface area contributed by atoms with Crippen molar-refractivity contribution in [3.63, 3.8) is 0 Å². The Bertz CT molecular complexity index is 1010. The second-order valence-electron chi connectivity index (χ2n) is 7.11. The average Bonchev–Trinajstić information content (AvgIpc) is 3.46. The Morgan fingerprint density at radius 3 is 2.63 bits per heavy atom. The molecule has 0 unspecified atom stereocenters. The van der Waals surface area contributed by atoms with Crippen molar-refractivity contribution in [1.82, 2.24) is 24.7 Å². The van der Waals surface area contributed by atoms with Crippen LogP contribution in [0, 0.1) is 0 Å². The first-order chi connectivity index (χ1) is 13.2. The average molecular weight is 383 g/mol. The van der Waals surface area contributed by atoms with Gasteiger partial charge in [-0.05, 0) is 31.0 Å². The number of carbonyl (C=O) groups excluding carboxylic acids is 1. The van der Waals surface area contributed by atoms with E-state index in [0.717, 1.165) is 30.2 Å². The highest BCUT2D eigenvalue weighted by Gasteiger charge is 2.29. The Balaban J connectivity index is 1.29. The second-order valence-corrected chi connectivity index (χ2v) is 7.54. The molecule has 0 bridgehead atoms. The van der Waals surface area contributed by atoms with Crippen molar-refractivity contribution in [2.24, 2.45) is 0 Å². The topological polar surface area (TPSA) is 66.6 Å². The van der Waals surface area contributed by atoms with Crippen LogP contribution in [0.5, 0.6) is 0 Å². The van der Waals surface area contributed by atoms with Crippen molar-refractivity contribution in [3.05, 3.63) is 52.9 Å². The minimum Gasteiger partial charge on any atom is -0.367 e. The summed E-state index contributed by atoms with van der Waals surface area (Å²) >= 11 is 6.00. The molecule has 1 aliphatic carbocycles. The quantitative estimate of drug-likeness (QED) is 0.696. The smallest absolute Gasteiger partial charge is 0.254 e. The molecule has 1 saturated carbocycles. The molecule has 2 aliphatic rings. The summed E-state index contributed by atoms with van der Waals surface area (Å²) in [7, 11) is 0. The second kappa shape index (κ2) is 6.49. The zero-order chi connectivity index (χ0) is 18.4. The Labute approximate surface area is 161 Å². The molecule has 138 valence electrons. The molecule has 5 rings (SSSR count). The summed E-state index contributed by atoms with van der Waals surface area (Å²) < 4.78 is 1.85. The summed E-state index contributed by atoms with van der Waals surface area (Å²) in [5.74, 6) is 1.50. The fourth-order valence-electron chi connectivity index (χ4n) is 3.54. The van der Waals surface area contributed by atoms with Crippen molar-refractivity contribution in [2.45, 2.75) is 18.8 Å². The fraction of sp³-hybridized carbons (Fsp3) is 0.368. The van der Waals surface area contributed by atoms with Crippen LogP contribution in [0.4, 0.5) is 5.69 Å². The Morgan fingerprint density at radius 1 is 1.07 bits per heavy atom. The maximum Gasteiger partial charge on any atom is 0.254 e. The van der Waals surface area contributed by atoms with Gasteiger partial charge in [-0.2, -0.15) is 9.61 Å². The van der Waals surface area contributed by atoms with Crippen molar-refractivity contribution in [3.8, 4) is 0 Å². The standard InChI is InChI=1S/C19H19ClN6O/c20-15-3-1-2-14(10-15)19(27)25-8-6-24(7-9-25)16-11-17-22-23-18(13-4-5-13)26(17)21-12-16/h1-3,10-13H,4-9H2. The lowest BCUT2D eigenvalue weighted by Crippen LogP contribution is -2.48. The molecule has 0 radical (unpaired) electrons. The number of nitrogens with zero attached hydrogens (tertiary/aromatic N) is 6. The molecule has 0 spiro atoms. The first kappa shape index (κ1) is 16.5. The number of aromatic nitrogens is 4. The summed E-state index contributed by atoms with van der Waals surface area (Å²) in [6.07, 6.45) is 4.22. The zero-order valence-corrected chi connectivity index (χ0v) is 15.5. The van der Waals surface area contributed by atoms with Crippen molar-refractivity contribution >= 4 is 28.8 Å². The van der Waals surface area contributed by atoms with Crippen LogP contribution in [0.1, 0.15) is 34.9 Å². The van der Waals surface area contributed by atoms with E-state index in [4.69, 9.17) is 11.6 Å². The molecule has 0 atom stereocenters. The number of benzene rings is 1. The number of hydrogen-bond donors (Lipinski definition) is 0. The molecule has 8 heteroatoms. The summed E-state index contributed by atoms with van der Waals surface area (Å²) in [6, 6.07) is 9.14. The van der Waals surface area contributed by atoms with Crippen LogP contribution < -0.4 is 4.90 Å². The largest absolute Gasteiger partial charge is 0.367 e. The number of rotatable bonds is 3. The van der Waals surface area contributed by atoms with Gasteiger partial charge < -0.3 is 9.80 Å². The van der Waals surface area contributed by atoms with E-state index < -0.39 is 0 Å². The summed E-state index contributed by atoms with van der Waals surface area (Å²) in [4.78, 5) is 16.8. The van der Waals surface area contributed by atoms with Gasteiger partial charge in [-0.3, -0.25) is 4.79 Å². The minimum absolute atomic E-state index is 0.0252. The molecule has 2 aromatic heterocycles. The molecule has 1 saturated heterocycles. The van der Waals surface area contributed by atoms with Gasteiger partial charge in [0.05, 0.1) is 11.9 Å². The molecule has 27 heavy (non-hydrogen) atoms. The highest BCUT2D eigenvalue weighted by atomic mass is 35.5. The van der Waals surface area contributed by atoms with Crippen molar-refractivity contribution in [1.29, 1.82) is 0 Å². The highest BCUT2D eigenvalue weighted by molar-refractivity contribution is 6.30. The van der Waals surface area contributed by atoms with E-state index in [-0.39, 0.29) is 5.91 Å². The fourth-order valence-corrected chi connectivity index (χ4v) is 3.73. The third-order valence-corrected chi connectivity index (χ3v) is 5.45. The minimum atomic E-state index is 0.0252. The first-order valence-electron chi connectivity index (χ1n) is 9.20. The van der Waals surface area contributed by atoms with E-state index in [1.54, 1.807) is 24.3 Å². The molecule has 2 fully saturated rings. The number of halogens is 1. The van der Waals surface area contributed by atoms with Gasteiger partial charge in [0.2, 0.25) is 0 Å². The maximum absolute atomic E-state index is 12.7. The number of amides is 1. The normalized spacial score (nSPS) is 17.5. The zero-order valence-electron chi connectivity index (χ0n) is 14.8. The SMILES string of the molecule is O=C(c1cccc(Cl)c1)N1CCN(c2cnn3c(C4CC4)nnc3c2)CC1. The van der Waals surface area contributed by atoms with E-state index in [2.05, 4.69) is 20.2 Å². The van der Waals surface area contributed by atoms with Gasteiger partial charge >= 0.3 is 0 Å². The lowest BCUT2D eigenvalue weighted by Gasteiger charge is -2.36. The maximum atomic E-state index is 12.7. The van der Waals surface area contributed by atoms with E-state index >= 15 is 0 Å². The van der Waals surface area contributed by atoms with E-state index in [1.807, 2.05) is 21.7 Å². The molecule has 3 aromatic rings. The Hall–Kier alpha value is -2.67. The van der Waals surface area contributed by atoms with Crippen molar-refractivity contribution < 1.29 is 4.79 Å². The predicted molar refractivity (Wildman–Crippen MR) is 102 cm³/mol. The van der Waals surface area contributed by atoms with Gasteiger partial charge in [0, 0.05) is 48.7 Å². The Morgan fingerprint density at radius 2 is 1.89 bits per heavy atom. The molecule has 1 aromatic carbocycles. The number of anilines is 1. The first-order valence-corrected chi connectivity index (χ1v) is 9.58. The van der Waals surface area contributed by atoms with Crippen LogP contribution in [0.2, 0.25) is 5.02 Å². The Kier molecular flexibility index (Phi) is 3.97. The van der Waals surface area contributed by atoms with Gasteiger partial charge in [0.1, 0.15) is 0 Å². The molecular weight excluding hydrogens is 364 g/mol. The van der Waals surface area contributed by atoms with Gasteiger partial charge in [0.25, 0.3) is 5.91 Å². The number of fused-ring (bicyclic) bond motifs is 1. The third kappa shape index (κ3) is 3.12. The number of piperazine rings is 1. The van der Waals surface area contributed by atoms with Crippen LogP contribution in [0.15, 0.2) is 36.5 Å². The summed E-state index contributed by atoms with van der Waals surface area (Å²) in [5, 5.41) is 13.7. The summed E-state index contributed by atoms with van der Waals surface area (Å²) in [5.41, 5.74) is 2.44. The van der Waals surface area contributed by atoms with E-state index in [1.165, 1.54) is 12.8 Å². The molecule has 3 heterocycles. The van der Waals surface area contributed by atoms with Crippen LogP contribution in [0.3, 0.4) is 0 Å². The third-order valence-electron chi connectivity index (χ3n) is 5.22.